The van der Waals surface area contributed by atoms with E-state index in [1.54, 1.807) is 37.4 Å². The second-order valence-corrected chi connectivity index (χ2v) is 35.8. The SMILES string of the molecule is C=C([C@H](C)CC1CC[C@@H]2O[C@@H](CCCO)C[C@]2(CI)O1)[C@@H](C[C@@H]1O[C@H](CC(CO[Si](C)(C)C(C)(C)C)O[Si](C)(C)C(C)(C)C)[C@H](OC)[C@H]1CS(=O)(=O)c1ccccc1)OC(=O)C(C)(C)C. The Morgan fingerprint density at radius 1 is 0.923 bits per heavy atom. The van der Waals surface area contributed by atoms with Gasteiger partial charge in [-0.3, -0.25) is 4.79 Å². The largest absolute Gasteiger partial charge is 0.457 e. The zero-order valence-electron chi connectivity index (χ0n) is 42.7. The lowest BCUT2D eigenvalue weighted by Crippen LogP contribution is -2.50. The van der Waals surface area contributed by atoms with Crippen LogP contribution in [0.4, 0.5) is 0 Å². The number of carbonyl (C=O) groups excluding carboxylic acids is 1. The van der Waals surface area contributed by atoms with E-state index in [1.807, 2.05) is 20.8 Å². The summed E-state index contributed by atoms with van der Waals surface area (Å²) in [6.07, 6.45) is 2.48. The van der Waals surface area contributed by atoms with Crippen molar-refractivity contribution >= 4 is 55.0 Å². The molecule has 3 aliphatic heterocycles. The smallest absolute Gasteiger partial charge is 0.311 e. The lowest BCUT2D eigenvalue weighted by molar-refractivity contribution is -0.160. The maximum absolute atomic E-state index is 14.3. The third-order valence-corrected chi connectivity index (χ3v) is 27.3. The number of sulfone groups is 1. The molecule has 0 spiro atoms. The van der Waals surface area contributed by atoms with Crippen LogP contribution in [-0.2, 0) is 47.2 Å². The first-order chi connectivity index (χ1) is 29.9. The number of alkyl halides is 1. The van der Waals surface area contributed by atoms with Crippen LogP contribution in [0.2, 0.25) is 36.3 Å². The van der Waals surface area contributed by atoms with Crippen molar-refractivity contribution in [3.05, 3.63) is 42.5 Å². The van der Waals surface area contributed by atoms with Gasteiger partial charge in [-0.05, 0) is 113 Å². The van der Waals surface area contributed by atoms with E-state index >= 15 is 0 Å². The van der Waals surface area contributed by atoms with Crippen molar-refractivity contribution in [1.29, 1.82) is 0 Å². The maximum Gasteiger partial charge on any atom is 0.311 e. The first-order valence-electron chi connectivity index (χ1n) is 24.1. The van der Waals surface area contributed by atoms with Gasteiger partial charge in [0, 0.05) is 43.3 Å². The molecule has 4 rings (SSSR count). The van der Waals surface area contributed by atoms with Crippen LogP contribution in [0.5, 0.6) is 0 Å². The molecule has 1 aromatic carbocycles. The summed E-state index contributed by atoms with van der Waals surface area (Å²) < 4.78 is 76.7. The fraction of sp³-hybridized carbons (Fsp3) is 0.820. The van der Waals surface area contributed by atoms with Crippen molar-refractivity contribution in [3.63, 3.8) is 0 Å². The molecule has 3 heterocycles. The van der Waals surface area contributed by atoms with E-state index in [9.17, 15) is 18.3 Å². The number of aliphatic hydroxyl groups excluding tert-OH is 1. The van der Waals surface area contributed by atoms with Crippen molar-refractivity contribution in [2.75, 3.05) is 30.5 Å². The van der Waals surface area contributed by atoms with Crippen molar-refractivity contribution in [3.8, 4) is 0 Å². The monoisotopic (exact) mass is 1080 g/mol. The first kappa shape index (κ1) is 56.8. The zero-order chi connectivity index (χ0) is 49.0. The molecule has 0 aliphatic carbocycles. The summed E-state index contributed by atoms with van der Waals surface area (Å²) in [6.45, 7) is 35.1. The summed E-state index contributed by atoms with van der Waals surface area (Å²) in [4.78, 5) is 14.1. The Bertz CT molecular complexity index is 1810. The number of hydrogen-bond donors (Lipinski definition) is 1. The summed E-state index contributed by atoms with van der Waals surface area (Å²) in [7, 11) is -6.67. The number of hydrogen-bond acceptors (Lipinski definition) is 11. The van der Waals surface area contributed by atoms with Crippen LogP contribution >= 0.6 is 22.6 Å². The van der Waals surface area contributed by atoms with E-state index < -0.39 is 62.2 Å². The van der Waals surface area contributed by atoms with E-state index in [2.05, 4.69) is 104 Å². The Morgan fingerprint density at radius 3 is 2.11 bits per heavy atom. The van der Waals surface area contributed by atoms with Crippen LogP contribution in [0.3, 0.4) is 0 Å². The number of rotatable bonds is 22. The zero-order valence-corrected chi connectivity index (χ0v) is 47.6. The van der Waals surface area contributed by atoms with Crippen LogP contribution in [0.1, 0.15) is 121 Å². The second kappa shape index (κ2) is 22.6. The van der Waals surface area contributed by atoms with Gasteiger partial charge in [0.1, 0.15) is 11.7 Å². The van der Waals surface area contributed by atoms with Crippen LogP contribution in [-0.4, -0.2) is 121 Å². The van der Waals surface area contributed by atoms with E-state index in [0.717, 1.165) is 35.7 Å². The predicted octanol–water partition coefficient (Wildman–Crippen LogP) is 10.9. The summed E-state index contributed by atoms with van der Waals surface area (Å²) >= 11 is 2.42. The molecule has 2 unspecified atom stereocenters. The van der Waals surface area contributed by atoms with Gasteiger partial charge in [-0.1, -0.05) is 95.8 Å². The van der Waals surface area contributed by atoms with Gasteiger partial charge in [-0.15, -0.1) is 0 Å². The van der Waals surface area contributed by atoms with Crippen LogP contribution in [0, 0.1) is 17.3 Å². The lowest BCUT2D eigenvalue weighted by Gasteiger charge is -2.42. The van der Waals surface area contributed by atoms with Gasteiger partial charge >= 0.3 is 5.97 Å². The number of fused-ring (bicyclic) bond motifs is 1. The van der Waals surface area contributed by atoms with Crippen LogP contribution in [0.15, 0.2) is 47.4 Å². The highest BCUT2D eigenvalue weighted by Gasteiger charge is 2.53. The fourth-order valence-corrected chi connectivity index (χ4v) is 14.0. The van der Waals surface area contributed by atoms with Crippen molar-refractivity contribution in [2.24, 2.45) is 17.3 Å². The Balaban J connectivity index is 1.69. The summed E-state index contributed by atoms with van der Waals surface area (Å²) in [6, 6.07) is 8.53. The molecule has 0 radical (unpaired) electrons. The highest BCUT2D eigenvalue weighted by molar-refractivity contribution is 14.1. The quantitative estimate of drug-likeness (QED) is 0.0391. The maximum atomic E-state index is 14.3. The van der Waals surface area contributed by atoms with Crippen molar-refractivity contribution in [2.45, 2.75) is 216 Å². The standard InChI is InChI=1S/C50H87IO11SSi2/c1-34(27-36-24-25-44-50(33-51,61-36)30-37(58-44)21-20-26-52)35(2)41(60-46(53)47(3,4)5)29-42-40(32-63(54,55)39-22-18-17-19-23-39)45(56-12)43(59-42)28-38(62-65(15,16)49(9,10)11)31-57-64(13,14)48(6,7)8/h17-19,22-23,34,36-38,40-45,52H,2,20-21,24-33H2,1,3-16H3/t34-,36?,37+,38?,40+,41-,42+,43-,44+,45-,50-/m1/s1. The van der Waals surface area contributed by atoms with Gasteiger partial charge < -0.3 is 37.6 Å². The number of benzene rings is 1. The molecule has 3 aliphatic rings. The third-order valence-electron chi connectivity index (χ3n) is 15.2. The predicted molar refractivity (Wildman–Crippen MR) is 273 cm³/mol. The Kier molecular flexibility index (Phi) is 19.7. The van der Waals surface area contributed by atoms with Crippen LogP contribution in [0.25, 0.3) is 0 Å². The molecule has 0 aromatic heterocycles. The molecule has 0 bridgehead atoms. The molecule has 11 nitrogen and oxygen atoms in total. The van der Waals surface area contributed by atoms with E-state index in [0.29, 0.717) is 25.9 Å². The van der Waals surface area contributed by atoms with Gasteiger partial charge in [-0.25, -0.2) is 8.42 Å². The number of halogens is 1. The van der Waals surface area contributed by atoms with Gasteiger partial charge in [-0.2, -0.15) is 0 Å². The number of aliphatic hydroxyl groups is 1. The Hall–Kier alpha value is -0.736. The van der Waals surface area contributed by atoms with E-state index in [4.69, 9.17) is 32.5 Å². The van der Waals surface area contributed by atoms with Crippen molar-refractivity contribution in [1.82, 2.24) is 0 Å². The molecule has 374 valence electrons. The number of esters is 1. The third kappa shape index (κ3) is 14.7. The molecule has 15 heteroatoms. The molecule has 3 fully saturated rings. The lowest BCUT2D eigenvalue weighted by atomic mass is 9.83. The molecule has 0 amide bonds. The number of ether oxygens (including phenoxy) is 5. The molecular weight excluding hydrogens is 992 g/mol. The van der Waals surface area contributed by atoms with Crippen LogP contribution < -0.4 is 0 Å². The fourth-order valence-electron chi connectivity index (χ4n) is 8.92. The molecule has 65 heavy (non-hydrogen) atoms. The molecule has 1 N–H and O–H groups in total. The topological polar surface area (TPSA) is 136 Å². The minimum absolute atomic E-state index is 0.00824. The average molecular weight is 1080 g/mol. The van der Waals surface area contributed by atoms with Gasteiger partial charge in [0.2, 0.25) is 0 Å². The van der Waals surface area contributed by atoms with E-state index in [1.165, 1.54) is 0 Å². The van der Waals surface area contributed by atoms with E-state index in [-0.39, 0.29) is 75.7 Å². The highest BCUT2D eigenvalue weighted by Crippen LogP contribution is 2.47. The summed E-state index contributed by atoms with van der Waals surface area (Å²) in [5.41, 5.74) is -0.440. The highest BCUT2D eigenvalue weighted by atomic mass is 127. The molecule has 11 atom stereocenters. The Morgan fingerprint density at radius 2 is 1.55 bits per heavy atom. The van der Waals surface area contributed by atoms with Gasteiger partial charge in [0.15, 0.2) is 26.5 Å². The molecule has 0 saturated carbocycles. The molecule has 3 saturated heterocycles. The van der Waals surface area contributed by atoms with Gasteiger partial charge in [0.05, 0.1) is 65.4 Å². The first-order valence-corrected chi connectivity index (χ1v) is 33.1. The minimum Gasteiger partial charge on any atom is -0.457 e. The van der Waals surface area contributed by atoms with Gasteiger partial charge in [0.25, 0.3) is 0 Å². The second-order valence-electron chi connectivity index (χ2n) is 23.4. The molecule has 1 aromatic rings. The Labute approximate surface area is 409 Å². The van der Waals surface area contributed by atoms with Crippen molar-refractivity contribution < 1.29 is 50.9 Å². The number of methoxy groups -OCH3 is 1. The average Bonchev–Trinajstić information content (AvgIpc) is 3.73. The summed E-state index contributed by atoms with van der Waals surface area (Å²) in [5.74, 6) is -1.30. The summed E-state index contributed by atoms with van der Waals surface area (Å²) in [5, 5.41) is 9.40. The normalized spacial score (nSPS) is 28.4. The molecular formula is C50H87IO11SSi2. The number of carbonyl (C=O) groups is 1. The minimum atomic E-state index is -3.80.